The highest BCUT2D eigenvalue weighted by molar-refractivity contribution is 6.33. The van der Waals surface area contributed by atoms with Crippen molar-refractivity contribution < 1.29 is 27.6 Å². The van der Waals surface area contributed by atoms with Gasteiger partial charge in [0.25, 0.3) is 5.91 Å². The van der Waals surface area contributed by atoms with Gasteiger partial charge in [-0.1, -0.05) is 52.6 Å². The molecular formula is C38H38Cl2F2N4O4. The number of benzene rings is 3. The number of fused-ring (bicyclic) bond motifs is 2. The lowest BCUT2D eigenvalue weighted by atomic mass is 9.83. The van der Waals surface area contributed by atoms with E-state index in [0.29, 0.717) is 42.6 Å². The van der Waals surface area contributed by atoms with Gasteiger partial charge in [-0.3, -0.25) is 4.79 Å². The number of rotatable bonds is 13. The van der Waals surface area contributed by atoms with E-state index in [1.165, 1.54) is 11.6 Å². The van der Waals surface area contributed by atoms with Crippen LogP contribution in [-0.2, 0) is 29.1 Å². The molecule has 2 atom stereocenters. The van der Waals surface area contributed by atoms with Gasteiger partial charge in [-0.05, 0) is 84.7 Å². The van der Waals surface area contributed by atoms with Crippen molar-refractivity contribution in [3.8, 4) is 17.0 Å². The Hall–Kier alpha value is -3.80. The third-order valence-electron chi connectivity index (χ3n) is 9.49. The highest BCUT2D eigenvalue weighted by atomic mass is 35.5. The average Bonchev–Trinajstić information content (AvgIpc) is 3.86. The standard InChI is InChI=1S/C38H38Cl2F2N4O4/c1-48-14-2-3-22-4-11-30(39)24(15-22)20-46(26-7-8-26)38(47)35-29(16-25-18-43-19-34(35)44-25)23-5-9-27(10-6-23)49-21-28-17-33(45-50-28)36-31(41)12-13-32(42)37(36)40/h4-6,9-13,15,17,25-26,34,43-44H,2-3,7-8,14,16,18-21H2,1H3/t25-,34+/m0/s1. The van der Waals surface area contributed by atoms with Gasteiger partial charge in [-0.25, -0.2) is 8.78 Å². The fourth-order valence-corrected chi connectivity index (χ4v) is 7.25. The molecule has 8 nitrogen and oxygen atoms in total. The first-order chi connectivity index (χ1) is 24.3. The zero-order valence-electron chi connectivity index (χ0n) is 27.6. The molecule has 50 heavy (non-hydrogen) atoms. The fourth-order valence-electron chi connectivity index (χ4n) is 6.82. The summed E-state index contributed by atoms with van der Waals surface area (Å²) in [6, 6.07) is 17.5. The van der Waals surface area contributed by atoms with Crippen molar-refractivity contribution in [2.75, 3.05) is 26.8 Å². The second-order valence-electron chi connectivity index (χ2n) is 13.1. The third-order valence-corrected chi connectivity index (χ3v) is 10.2. The Morgan fingerprint density at radius 3 is 2.62 bits per heavy atom. The van der Waals surface area contributed by atoms with Crippen LogP contribution in [0.25, 0.3) is 16.8 Å². The summed E-state index contributed by atoms with van der Waals surface area (Å²) in [5.41, 5.74) is 4.84. The van der Waals surface area contributed by atoms with E-state index in [1.807, 2.05) is 41.3 Å². The van der Waals surface area contributed by atoms with Gasteiger partial charge in [-0.15, -0.1) is 0 Å². The summed E-state index contributed by atoms with van der Waals surface area (Å²) in [6.07, 6.45) is 4.45. The monoisotopic (exact) mass is 722 g/mol. The lowest BCUT2D eigenvalue weighted by Crippen LogP contribution is -2.60. The molecule has 7 rings (SSSR count). The highest BCUT2D eigenvalue weighted by Gasteiger charge is 2.41. The van der Waals surface area contributed by atoms with E-state index >= 15 is 0 Å². The Labute approximate surface area is 299 Å². The first kappa shape index (κ1) is 34.6. The summed E-state index contributed by atoms with van der Waals surface area (Å²) in [7, 11) is 1.71. The molecule has 2 N–H and O–H groups in total. The maximum Gasteiger partial charge on any atom is 0.252 e. The van der Waals surface area contributed by atoms with Crippen molar-refractivity contribution in [1.29, 1.82) is 0 Å². The number of hydrogen-bond donors (Lipinski definition) is 2. The smallest absolute Gasteiger partial charge is 0.252 e. The number of piperazine rings is 1. The normalized spacial score (nSPS) is 18.7. The van der Waals surface area contributed by atoms with Crippen LogP contribution in [0.15, 0.2) is 70.8 Å². The summed E-state index contributed by atoms with van der Waals surface area (Å²) in [4.78, 5) is 16.6. The number of nitrogens with zero attached hydrogens (tertiary/aromatic N) is 2. The van der Waals surface area contributed by atoms with Crippen LogP contribution >= 0.6 is 23.2 Å². The van der Waals surface area contributed by atoms with Crippen molar-refractivity contribution in [2.24, 2.45) is 0 Å². The Balaban J connectivity index is 1.10. The van der Waals surface area contributed by atoms with Crippen LogP contribution in [0.3, 0.4) is 0 Å². The van der Waals surface area contributed by atoms with Crippen molar-refractivity contribution in [3.05, 3.63) is 110 Å². The van der Waals surface area contributed by atoms with Gasteiger partial charge in [0.05, 0.1) is 16.6 Å². The molecule has 1 amide bonds. The van der Waals surface area contributed by atoms with E-state index in [1.54, 1.807) is 7.11 Å². The molecule has 2 fully saturated rings. The highest BCUT2D eigenvalue weighted by Crippen LogP contribution is 2.38. The molecule has 12 heteroatoms. The number of nitrogens with one attached hydrogen (secondary N) is 2. The lowest BCUT2D eigenvalue weighted by Gasteiger charge is -2.41. The minimum absolute atomic E-state index is 0.0135. The molecule has 3 aromatic carbocycles. The number of carbonyl (C=O) groups is 1. The Kier molecular flexibility index (Phi) is 10.5. The second kappa shape index (κ2) is 15.2. The molecule has 1 saturated heterocycles. The molecule has 1 aliphatic carbocycles. The topological polar surface area (TPSA) is 88.9 Å². The number of amides is 1. The van der Waals surface area contributed by atoms with E-state index in [2.05, 4.69) is 21.9 Å². The van der Waals surface area contributed by atoms with E-state index in [0.717, 1.165) is 66.6 Å². The Morgan fingerprint density at radius 2 is 1.84 bits per heavy atom. The number of methoxy groups -OCH3 is 1. The molecule has 2 aliphatic heterocycles. The van der Waals surface area contributed by atoms with Gasteiger partial charge in [0.2, 0.25) is 0 Å². The molecule has 3 heterocycles. The van der Waals surface area contributed by atoms with Gasteiger partial charge < -0.3 is 29.5 Å². The number of aryl methyl sites for hydroxylation is 1. The van der Waals surface area contributed by atoms with Crippen LogP contribution in [0.2, 0.25) is 10.0 Å². The van der Waals surface area contributed by atoms with Crippen molar-refractivity contribution >= 4 is 34.7 Å². The molecule has 0 unspecified atom stereocenters. The van der Waals surface area contributed by atoms with Crippen molar-refractivity contribution in [3.63, 3.8) is 0 Å². The molecule has 0 spiro atoms. The minimum atomic E-state index is -0.749. The zero-order valence-corrected chi connectivity index (χ0v) is 29.1. The molecule has 2 bridgehead atoms. The van der Waals surface area contributed by atoms with Crippen LogP contribution in [-0.4, -0.2) is 60.9 Å². The number of hydrogen-bond acceptors (Lipinski definition) is 7. The summed E-state index contributed by atoms with van der Waals surface area (Å²) in [6.45, 7) is 2.65. The predicted octanol–water partition coefficient (Wildman–Crippen LogP) is 7.36. The van der Waals surface area contributed by atoms with E-state index in [4.69, 9.17) is 37.2 Å². The largest absolute Gasteiger partial charge is 0.486 e. The first-order valence-corrected chi connectivity index (χ1v) is 17.6. The second-order valence-corrected chi connectivity index (χ2v) is 13.9. The first-order valence-electron chi connectivity index (χ1n) is 16.9. The summed E-state index contributed by atoms with van der Waals surface area (Å²) in [5, 5.41) is 11.3. The summed E-state index contributed by atoms with van der Waals surface area (Å²) in [5.74, 6) is -0.519. The average molecular weight is 724 g/mol. The van der Waals surface area contributed by atoms with Gasteiger partial charge in [0.15, 0.2) is 5.76 Å². The van der Waals surface area contributed by atoms with E-state index in [-0.39, 0.29) is 46.9 Å². The van der Waals surface area contributed by atoms with Crippen LogP contribution in [0.5, 0.6) is 5.75 Å². The molecule has 4 aromatic rings. The zero-order chi connectivity index (χ0) is 34.8. The minimum Gasteiger partial charge on any atom is -0.486 e. The Morgan fingerprint density at radius 1 is 1.04 bits per heavy atom. The molecule has 0 radical (unpaired) electrons. The number of ether oxygens (including phenoxy) is 2. The quantitative estimate of drug-likeness (QED) is 0.110. The van der Waals surface area contributed by atoms with Crippen LogP contribution in [0.4, 0.5) is 8.78 Å². The number of aromatic nitrogens is 1. The summed E-state index contributed by atoms with van der Waals surface area (Å²) < 4.78 is 44.8. The van der Waals surface area contributed by atoms with Gasteiger partial charge in [0, 0.05) is 62.1 Å². The van der Waals surface area contributed by atoms with Gasteiger partial charge >= 0.3 is 0 Å². The summed E-state index contributed by atoms with van der Waals surface area (Å²) >= 11 is 12.7. The van der Waals surface area contributed by atoms with Crippen LogP contribution < -0.4 is 15.4 Å². The van der Waals surface area contributed by atoms with Crippen LogP contribution in [0.1, 0.15) is 48.1 Å². The van der Waals surface area contributed by atoms with E-state index < -0.39 is 11.6 Å². The Bertz CT molecular complexity index is 1900. The SMILES string of the molecule is COCCCc1ccc(Cl)c(CN(C(=O)C2=C(c3ccc(OCc4cc(-c5c(F)ccc(F)c5Cl)no4)cc3)C[C@H]3CNC[C@H]2N3)C2CC2)c1. The van der Waals surface area contributed by atoms with E-state index in [9.17, 15) is 13.6 Å². The molecule has 1 saturated carbocycles. The fraction of sp³-hybridized carbons (Fsp3) is 0.368. The molecule has 262 valence electrons. The number of halogens is 4. The maximum atomic E-state index is 14.6. The van der Waals surface area contributed by atoms with Crippen molar-refractivity contribution in [1.82, 2.24) is 20.7 Å². The predicted molar refractivity (Wildman–Crippen MR) is 188 cm³/mol. The molecule has 3 aliphatic rings. The molecular weight excluding hydrogens is 685 g/mol. The maximum absolute atomic E-state index is 14.6. The third kappa shape index (κ3) is 7.60. The lowest BCUT2D eigenvalue weighted by molar-refractivity contribution is -0.128. The van der Waals surface area contributed by atoms with Gasteiger partial charge in [0.1, 0.15) is 29.7 Å². The van der Waals surface area contributed by atoms with Crippen LogP contribution in [0, 0.1) is 11.6 Å². The number of carbonyl (C=O) groups excluding carboxylic acids is 1. The van der Waals surface area contributed by atoms with Crippen molar-refractivity contribution in [2.45, 2.75) is 63.4 Å². The van der Waals surface area contributed by atoms with Gasteiger partial charge in [-0.2, -0.15) is 0 Å². The molecule has 1 aromatic heterocycles.